The number of aromatic nitrogens is 2. The Balaban J connectivity index is 2.10. The summed E-state index contributed by atoms with van der Waals surface area (Å²) in [4.78, 5) is 24.5. The maximum Gasteiger partial charge on any atom is 0.242 e. The minimum absolute atomic E-state index is 0.144. The number of hydrogen-bond acceptors (Lipinski definition) is 5. The standard InChI is InChI=1S/C13H20N4O2/c1-3-7-16-8-4-9-17(10-12(16)18)13-14-6-5-11(15-13)19-2/h5-6H,3-4,7-10H2,1-2H3. The molecule has 6 heteroatoms. The van der Waals surface area contributed by atoms with Crippen LogP contribution in [0.1, 0.15) is 19.8 Å². The average Bonchev–Trinajstić information content (AvgIpc) is 2.62. The molecule has 1 saturated heterocycles. The quantitative estimate of drug-likeness (QED) is 0.810. The molecule has 1 amide bonds. The smallest absolute Gasteiger partial charge is 0.242 e. The van der Waals surface area contributed by atoms with Crippen molar-refractivity contribution in [2.24, 2.45) is 0 Å². The van der Waals surface area contributed by atoms with Gasteiger partial charge in [0.2, 0.25) is 17.7 Å². The van der Waals surface area contributed by atoms with Crippen molar-refractivity contribution in [2.45, 2.75) is 19.8 Å². The van der Waals surface area contributed by atoms with E-state index in [0.717, 1.165) is 32.5 Å². The van der Waals surface area contributed by atoms with Crippen LogP contribution in [0, 0.1) is 0 Å². The zero-order chi connectivity index (χ0) is 13.7. The highest BCUT2D eigenvalue weighted by Crippen LogP contribution is 2.15. The Labute approximate surface area is 113 Å². The van der Waals surface area contributed by atoms with Gasteiger partial charge in [0.05, 0.1) is 13.7 Å². The van der Waals surface area contributed by atoms with Gasteiger partial charge >= 0.3 is 0 Å². The first-order valence-corrected chi connectivity index (χ1v) is 6.64. The van der Waals surface area contributed by atoms with Crippen LogP contribution in [0.4, 0.5) is 5.95 Å². The minimum Gasteiger partial charge on any atom is -0.481 e. The maximum atomic E-state index is 12.1. The first-order chi connectivity index (χ1) is 9.24. The van der Waals surface area contributed by atoms with Gasteiger partial charge in [0.1, 0.15) is 0 Å². The lowest BCUT2D eigenvalue weighted by molar-refractivity contribution is -0.129. The number of anilines is 1. The van der Waals surface area contributed by atoms with E-state index in [4.69, 9.17) is 4.74 Å². The van der Waals surface area contributed by atoms with Crippen LogP contribution < -0.4 is 9.64 Å². The Morgan fingerprint density at radius 3 is 3.00 bits per heavy atom. The lowest BCUT2D eigenvalue weighted by Gasteiger charge is -2.21. The van der Waals surface area contributed by atoms with E-state index < -0.39 is 0 Å². The molecule has 0 aliphatic carbocycles. The van der Waals surface area contributed by atoms with Crippen LogP contribution in [0.5, 0.6) is 5.88 Å². The predicted molar refractivity (Wildman–Crippen MR) is 72.3 cm³/mol. The van der Waals surface area contributed by atoms with Gasteiger partial charge in [-0.05, 0) is 12.8 Å². The Morgan fingerprint density at radius 1 is 1.42 bits per heavy atom. The molecule has 1 aromatic heterocycles. The molecule has 1 aliphatic rings. The van der Waals surface area contributed by atoms with E-state index in [9.17, 15) is 4.79 Å². The zero-order valence-corrected chi connectivity index (χ0v) is 11.5. The molecule has 0 N–H and O–H groups in total. The van der Waals surface area contributed by atoms with Crippen molar-refractivity contribution in [3.05, 3.63) is 12.3 Å². The summed E-state index contributed by atoms with van der Waals surface area (Å²) >= 11 is 0. The average molecular weight is 264 g/mol. The van der Waals surface area contributed by atoms with Crippen molar-refractivity contribution in [3.63, 3.8) is 0 Å². The van der Waals surface area contributed by atoms with Crippen molar-refractivity contribution in [3.8, 4) is 5.88 Å². The summed E-state index contributed by atoms with van der Waals surface area (Å²) in [6, 6.07) is 1.70. The molecule has 2 heterocycles. The van der Waals surface area contributed by atoms with Gasteiger partial charge in [-0.2, -0.15) is 4.98 Å². The number of nitrogens with zero attached hydrogens (tertiary/aromatic N) is 4. The van der Waals surface area contributed by atoms with E-state index in [1.54, 1.807) is 19.4 Å². The second kappa shape index (κ2) is 6.36. The highest BCUT2D eigenvalue weighted by Gasteiger charge is 2.22. The highest BCUT2D eigenvalue weighted by atomic mass is 16.5. The number of carbonyl (C=O) groups excluding carboxylic acids is 1. The minimum atomic E-state index is 0.144. The van der Waals surface area contributed by atoms with Gasteiger partial charge < -0.3 is 14.5 Å². The van der Waals surface area contributed by atoms with Gasteiger partial charge in [-0.25, -0.2) is 4.98 Å². The lowest BCUT2D eigenvalue weighted by atomic mass is 10.3. The third kappa shape index (κ3) is 3.33. The third-order valence-electron chi connectivity index (χ3n) is 3.14. The van der Waals surface area contributed by atoms with Gasteiger partial charge in [-0.3, -0.25) is 4.79 Å². The maximum absolute atomic E-state index is 12.1. The van der Waals surface area contributed by atoms with Crippen molar-refractivity contribution in [2.75, 3.05) is 38.2 Å². The lowest BCUT2D eigenvalue weighted by Crippen LogP contribution is -2.37. The molecular weight excluding hydrogens is 244 g/mol. The molecule has 19 heavy (non-hydrogen) atoms. The van der Waals surface area contributed by atoms with Crippen LogP contribution in [0.15, 0.2) is 12.3 Å². The van der Waals surface area contributed by atoms with Gasteiger partial charge in [0.15, 0.2) is 0 Å². The van der Waals surface area contributed by atoms with Gasteiger partial charge in [0.25, 0.3) is 0 Å². The van der Waals surface area contributed by atoms with Crippen LogP contribution in [0.3, 0.4) is 0 Å². The second-order valence-electron chi connectivity index (χ2n) is 4.55. The number of hydrogen-bond donors (Lipinski definition) is 0. The molecule has 0 spiro atoms. The molecule has 1 aliphatic heterocycles. The SMILES string of the molecule is CCCN1CCCN(c2nccc(OC)n2)CC1=O. The molecule has 1 fully saturated rings. The molecule has 0 atom stereocenters. The Bertz CT molecular complexity index is 438. The first-order valence-electron chi connectivity index (χ1n) is 6.64. The van der Waals surface area contributed by atoms with E-state index in [2.05, 4.69) is 16.9 Å². The second-order valence-corrected chi connectivity index (χ2v) is 4.55. The first kappa shape index (κ1) is 13.6. The van der Waals surface area contributed by atoms with E-state index in [-0.39, 0.29) is 5.91 Å². The zero-order valence-electron chi connectivity index (χ0n) is 11.5. The molecule has 0 bridgehead atoms. The number of amides is 1. The highest BCUT2D eigenvalue weighted by molar-refractivity contribution is 5.81. The summed E-state index contributed by atoms with van der Waals surface area (Å²) in [5.74, 6) is 1.23. The fourth-order valence-electron chi connectivity index (χ4n) is 2.20. The molecule has 0 radical (unpaired) electrons. The number of carbonyl (C=O) groups is 1. The van der Waals surface area contributed by atoms with Crippen molar-refractivity contribution < 1.29 is 9.53 Å². The molecule has 2 rings (SSSR count). The summed E-state index contributed by atoms with van der Waals surface area (Å²) in [6.45, 7) is 4.85. The Morgan fingerprint density at radius 2 is 2.26 bits per heavy atom. The molecule has 0 aromatic carbocycles. The largest absolute Gasteiger partial charge is 0.481 e. The van der Waals surface area contributed by atoms with E-state index in [1.165, 1.54) is 0 Å². The van der Waals surface area contributed by atoms with Gasteiger partial charge in [-0.1, -0.05) is 6.92 Å². The Hall–Kier alpha value is -1.85. The van der Waals surface area contributed by atoms with E-state index in [0.29, 0.717) is 18.4 Å². The van der Waals surface area contributed by atoms with Gasteiger partial charge in [-0.15, -0.1) is 0 Å². The topological polar surface area (TPSA) is 58.6 Å². The summed E-state index contributed by atoms with van der Waals surface area (Å²) in [5, 5.41) is 0. The number of methoxy groups -OCH3 is 1. The molecule has 1 aromatic rings. The fourth-order valence-corrected chi connectivity index (χ4v) is 2.20. The number of ether oxygens (including phenoxy) is 1. The molecule has 104 valence electrons. The molecular formula is C13H20N4O2. The molecule has 6 nitrogen and oxygen atoms in total. The van der Waals surface area contributed by atoms with Crippen molar-refractivity contribution in [1.29, 1.82) is 0 Å². The van der Waals surface area contributed by atoms with E-state index in [1.807, 2.05) is 9.80 Å². The molecule has 0 saturated carbocycles. The predicted octanol–water partition coefficient (Wildman–Crippen LogP) is 0.934. The van der Waals surface area contributed by atoms with E-state index >= 15 is 0 Å². The summed E-state index contributed by atoms with van der Waals surface area (Å²) in [6.07, 6.45) is 3.58. The van der Waals surface area contributed by atoms with Crippen LogP contribution in [-0.2, 0) is 4.79 Å². The third-order valence-corrected chi connectivity index (χ3v) is 3.14. The Kier molecular flexibility index (Phi) is 4.54. The van der Waals surface area contributed by atoms with Crippen molar-refractivity contribution >= 4 is 11.9 Å². The van der Waals surface area contributed by atoms with Crippen LogP contribution >= 0.6 is 0 Å². The van der Waals surface area contributed by atoms with Crippen LogP contribution in [0.2, 0.25) is 0 Å². The molecule has 0 unspecified atom stereocenters. The van der Waals surface area contributed by atoms with Gasteiger partial charge in [0, 0.05) is 31.9 Å². The fraction of sp³-hybridized carbons (Fsp3) is 0.615. The summed E-state index contributed by atoms with van der Waals surface area (Å²) in [5.41, 5.74) is 0. The van der Waals surface area contributed by atoms with Crippen LogP contribution in [-0.4, -0.2) is 54.1 Å². The summed E-state index contributed by atoms with van der Waals surface area (Å²) < 4.78 is 5.09. The number of rotatable bonds is 4. The van der Waals surface area contributed by atoms with Crippen molar-refractivity contribution in [1.82, 2.24) is 14.9 Å². The van der Waals surface area contributed by atoms with Crippen LogP contribution in [0.25, 0.3) is 0 Å². The monoisotopic (exact) mass is 264 g/mol. The summed E-state index contributed by atoms with van der Waals surface area (Å²) in [7, 11) is 1.57. The normalized spacial score (nSPS) is 16.4.